The average molecular weight is 429 g/mol. The predicted octanol–water partition coefficient (Wildman–Crippen LogP) is 3.41. The van der Waals surface area contributed by atoms with Crippen LogP contribution < -0.4 is 16.8 Å². The number of halogens is 3. The molecule has 6 nitrogen and oxygen atoms in total. The van der Waals surface area contributed by atoms with Gasteiger partial charge in [0.1, 0.15) is 11.6 Å². The first-order chi connectivity index (χ1) is 12.7. The number of carbonyl (C=O) groups is 2. The molecule has 1 aromatic heterocycles. The molecule has 9 heteroatoms. The number of aromatic nitrogens is 1. The van der Waals surface area contributed by atoms with Crippen molar-refractivity contribution >= 4 is 41.5 Å². The maximum atomic E-state index is 15.2. The van der Waals surface area contributed by atoms with Crippen molar-refractivity contribution in [2.75, 3.05) is 5.73 Å². The van der Waals surface area contributed by atoms with Crippen molar-refractivity contribution < 1.29 is 14.0 Å². The molecule has 5 N–H and O–H groups in total. The third kappa shape index (κ3) is 5.64. The number of nitrogens with one attached hydrogen (secondary N) is 1. The largest absolute Gasteiger partial charge is 0.384 e. The van der Waals surface area contributed by atoms with E-state index in [1.165, 1.54) is 30.5 Å². The second-order valence-corrected chi connectivity index (χ2v) is 6.73. The van der Waals surface area contributed by atoms with Crippen molar-refractivity contribution in [3.8, 4) is 0 Å². The molecule has 0 spiro atoms. The van der Waals surface area contributed by atoms with Crippen molar-refractivity contribution in [3.05, 3.63) is 58.0 Å². The predicted molar refractivity (Wildman–Crippen MR) is 110 cm³/mol. The van der Waals surface area contributed by atoms with Crippen molar-refractivity contribution in [1.29, 1.82) is 0 Å². The third-order valence-electron chi connectivity index (χ3n) is 4.17. The first kappa shape index (κ1) is 23.8. The van der Waals surface area contributed by atoms with Crippen LogP contribution >= 0.6 is 24.0 Å². The summed E-state index contributed by atoms with van der Waals surface area (Å²) in [5.41, 5.74) is 11.0. The lowest BCUT2D eigenvalue weighted by molar-refractivity contribution is -0.118. The standard InChI is InChI=1S/C19H22ClFN4O2.ClH/c1-3-14(25-10(2)8-16(23)26)12-5-6-13(20)17(18(12)21)19(27)11-4-7-15(22)24-9-11;/h4-7,9-10,14,25H,3,8H2,1-2H3,(H2,22,24)(H2,23,26);1H/t10-,14+;/m0./s1. The first-order valence-electron chi connectivity index (χ1n) is 8.53. The average Bonchev–Trinajstić information content (AvgIpc) is 2.60. The number of benzene rings is 1. The summed E-state index contributed by atoms with van der Waals surface area (Å²) in [6.07, 6.45) is 1.94. The Bertz CT molecular complexity index is 847. The number of anilines is 1. The molecule has 0 aliphatic carbocycles. The van der Waals surface area contributed by atoms with Crippen LogP contribution in [0, 0.1) is 5.82 Å². The molecule has 0 aliphatic rings. The van der Waals surface area contributed by atoms with E-state index in [2.05, 4.69) is 10.3 Å². The molecule has 0 radical (unpaired) electrons. The Morgan fingerprint density at radius 2 is 1.96 bits per heavy atom. The van der Waals surface area contributed by atoms with Crippen LogP contribution in [0.5, 0.6) is 0 Å². The summed E-state index contributed by atoms with van der Waals surface area (Å²) >= 11 is 6.11. The Morgan fingerprint density at radius 3 is 2.50 bits per heavy atom. The maximum Gasteiger partial charge on any atom is 0.218 e. The summed E-state index contributed by atoms with van der Waals surface area (Å²) in [6.45, 7) is 3.65. The quantitative estimate of drug-likeness (QED) is 0.557. The van der Waals surface area contributed by atoms with Crippen LogP contribution in [0.1, 0.15) is 54.2 Å². The lowest BCUT2D eigenvalue weighted by Gasteiger charge is -2.23. The van der Waals surface area contributed by atoms with Crippen molar-refractivity contribution in [2.24, 2.45) is 5.73 Å². The number of nitrogen functional groups attached to an aromatic ring is 1. The van der Waals surface area contributed by atoms with Gasteiger partial charge in [-0.05, 0) is 31.5 Å². The highest BCUT2D eigenvalue weighted by Gasteiger charge is 2.25. The summed E-state index contributed by atoms with van der Waals surface area (Å²) in [6, 6.07) is 5.30. The van der Waals surface area contributed by atoms with Crippen LogP contribution in [0.3, 0.4) is 0 Å². The van der Waals surface area contributed by atoms with Gasteiger partial charge in [-0.1, -0.05) is 24.6 Å². The molecule has 0 saturated carbocycles. The number of nitrogens with two attached hydrogens (primary N) is 2. The van der Waals surface area contributed by atoms with E-state index in [-0.39, 0.29) is 46.8 Å². The number of amides is 1. The van der Waals surface area contributed by atoms with E-state index in [1.54, 1.807) is 6.92 Å². The van der Waals surface area contributed by atoms with Crippen molar-refractivity contribution in [2.45, 2.75) is 38.8 Å². The molecule has 0 saturated heterocycles. The van der Waals surface area contributed by atoms with Crippen LogP contribution in [0.4, 0.5) is 10.2 Å². The zero-order chi connectivity index (χ0) is 20.1. The number of hydrogen-bond donors (Lipinski definition) is 3. The highest BCUT2D eigenvalue weighted by molar-refractivity contribution is 6.35. The van der Waals surface area contributed by atoms with E-state index >= 15 is 4.39 Å². The Morgan fingerprint density at radius 1 is 1.29 bits per heavy atom. The molecule has 28 heavy (non-hydrogen) atoms. The maximum absolute atomic E-state index is 15.2. The van der Waals surface area contributed by atoms with Gasteiger partial charge in [0, 0.05) is 35.8 Å². The van der Waals surface area contributed by atoms with Gasteiger partial charge in [0.25, 0.3) is 0 Å². The minimum atomic E-state index is -0.699. The van der Waals surface area contributed by atoms with Crippen LogP contribution in [-0.2, 0) is 4.79 Å². The van der Waals surface area contributed by atoms with Gasteiger partial charge in [-0.15, -0.1) is 12.4 Å². The number of nitrogens with zero attached hydrogens (tertiary/aromatic N) is 1. The number of primary amides is 1. The summed E-state index contributed by atoms with van der Waals surface area (Å²) in [4.78, 5) is 27.7. The zero-order valence-corrected chi connectivity index (χ0v) is 17.1. The Hall–Kier alpha value is -2.22. The van der Waals surface area contributed by atoms with Gasteiger partial charge in [-0.3, -0.25) is 9.59 Å². The number of hydrogen-bond acceptors (Lipinski definition) is 5. The summed E-state index contributed by atoms with van der Waals surface area (Å²) in [5.74, 6) is -1.47. The lowest BCUT2D eigenvalue weighted by atomic mass is 9.96. The van der Waals surface area contributed by atoms with E-state index in [1.807, 2.05) is 6.92 Å². The smallest absolute Gasteiger partial charge is 0.218 e. The van der Waals surface area contributed by atoms with Crippen LogP contribution in [-0.4, -0.2) is 22.7 Å². The Kier molecular flexibility index (Phi) is 8.81. The van der Waals surface area contributed by atoms with Gasteiger partial charge in [0.05, 0.1) is 10.6 Å². The van der Waals surface area contributed by atoms with E-state index < -0.39 is 23.5 Å². The van der Waals surface area contributed by atoms with E-state index in [4.69, 9.17) is 23.1 Å². The van der Waals surface area contributed by atoms with Crippen LogP contribution in [0.25, 0.3) is 0 Å². The van der Waals surface area contributed by atoms with Crippen molar-refractivity contribution in [3.63, 3.8) is 0 Å². The minimum Gasteiger partial charge on any atom is -0.384 e. The van der Waals surface area contributed by atoms with Gasteiger partial charge < -0.3 is 16.8 Å². The monoisotopic (exact) mass is 428 g/mol. The van der Waals surface area contributed by atoms with Gasteiger partial charge >= 0.3 is 0 Å². The summed E-state index contributed by atoms with van der Waals surface area (Å²) in [5, 5.41) is 3.18. The third-order valence-corrected chi connectivity index (χ3v) is 4.49. The molecule has 1 aromatic carbocycles. The number of pyridine rings is 1. The lowest BCUT2D eigenvalue weighted by Crippen LogP contribution is -2.34. The molecule has 2 aromatic rings. The second kappa shape index (κ2) is 10.4. The molecule has 152 valence electrons. The molecule has 2 rings (SSSR count). The van der Waals surface area contributed by atoms with Crippen LogP contribution in [0.15, 0.2) is 30.5 Å². The highest BCUT2D eigenvalue weighted by Crippen LogP contribution is 2.30. The SMILES string of the molecule is CC[C@@H](N[C@@H](C)CC(N)=O)c1ccc(Cl)c(C(=O)c2ccc(N)nc2)c1F.Cl. The normalized spacial score (nSPS) is 12.7. The summed E-state index contributed by atoms with van der Waals surface area (Å²) < 4.78 is 15.2. The molecule has 0 fully saturated rings. The molecule has 0 bridgehead atoms. The van der Waals surface area contributed by atoms with Gasteiger partial charge in [0.2, 0.25) is 5.91 Å². The molecular formula is C19H23Cl2FN4O2. The van der Waals surface area contributed by atoms with Crippen molar-refractivity contribution in [1.82, 2.24) is 10.3 Å². The highest BCUT2D eigenvalue weighted by atomic mass is 35.5. The fourth-order valence-electron chi connectivity index (χ4n) is 2.86. The molecule has 2 atom stereocenters. The first-order valence-corrected chi connectivity index (χ1v) is 8.90. The Labute approximate surface area is 174 Å². The van der Waals surface area contributed by atoms with Gasteiger partial charge in [-0.2, -0.15) is 0 Å². The molecule has 1 heterocycles. The van der Waals surface area contributed by atoms with Gasteiger partial charge in [0.15, 0.2) is 5.78 Å². The van der Waals surface area contributed by atoms with E-state index in [0.29, 0.717) is 12.0 Å². The van der Waals surface area contributed by atoms with E-state index in [9.17, 15) is 9.59 Å². The van der Waals surface area contributed by atoms with Crippen LogP contribution in [0.2, 0.25) is 5.02 Å². The number of ketones is 1. The number of carbonyl (C=O) groups excluding carboxylic acids is 2. The van der Waals surface area contributed by atoms with Gasteiger partial charge in [-0.25, -0.2) is 9.37 Å². The topological polar surface area (TPSA) is 111 Å². The fourth-order valence-corrected chi connectivity index (χ4v) is 3.09. The molecule has 0 aliphatic heterocycles. The molecule has 0 unspecified atom stereocenters. The molecule has 1 amide bonds. The minimum absolute atomic E-state index is 0. The number of rotatable bonds is 8. The summed E-state index contributed by atoms with van der Waals surface area (Å²) in [7, 11) is 0. The van der Waals surface area contributed by atoms with E-state index in [0.717, 1.165) is 0 Å². The Balaban J connectivity index is 0.00000392. The second-order valence-electron chi connectivity index (χ2n) is 6.33. The fraction of sp³-hybridized carbons (Fsp3) is 0.316. The molecular weight excluding hydrogens is 406 g/mol. The zero-order valence-electron chi connectivity index (χ0n) is 15.5.